The van der Waals surface area contributed by atoms with E-state index in [4.69, 9.17) is 0 Å². The van der Waals surface area contributed by atoms with Gasteiger partial charge in [0.05, 0.1) is 0 Å². The van der Waals surface area contributed by atoms with E-state index in [1.807, 2.05) is 18.2 Å². The quantitative estimate of drug-likeness (QED) is 0.730. The van der Waals surface area contributed by atoms with Crippen molar-refractivity contribution in [2.75, 3.05) is 0 Å². The van der Waals surface area contributed by atoms with Gasteiger partial charge >= 0.3 is 10.0 Å². The smallest absolute Gasteiger partial charge is 0.242 e. The van der Waals surface area contributed by atoms with Crippen molar-refractivity contribution < 1.29 is 12.4 Å². The third kappa shape index (κ3) is 2.06. The number of imidazole rings is 1. The van der Waals surface area contributed by atoms with E-state index in [0.29, 0.717) is 5.52 Å². The van der Waals surface area contributed by atoms with Crippen molar-refractivity contribution in [3.63, 3.8) is 0 Å². The van der Waals surface area contributed by atoms with Gasteiger partial charge in [-0.15, -0.1) is 3.97 Å². The van der Waals surface area contributed by atoms with Gasteiger partial charge in [-0.25, -0.2) is 4.98 Å². The van der Waals surface area contributed by atoms with Crippen LogP contribution in [-0.2, 0) is 10.0 Å². The lowest BCUT2D eigenvalue weighted by molar-refractivity contribution is -0.480. The Hall–Kier alpha value is -1.66. The Morgan fingerprint density at radius 3 is 2.42 bits per heavy atom. The Morgan fingerprint density at radius 1 is 1.00 bits per heavy atom. The van der Waals surface area contributed by atoms with Crippen LogP contribution in [0.3, 0.4) is 0 Å². The summed E-state index contributed by atoms with van der Waals surface area (Å²) in [6.07, 6.45) is 1.46. The second-order valence-electron chi connectivity index (χ2n) is 4.05. The van der Waals surface area contributed by atoms with Crippen LogP contribution in [0.15, 0.2) is 64.2 Å². The lowest BCUT2D eigenvalue weighted by atomic mass is 10.3. The molecule has 4 nitrogen and oxygen atoms in total. The summed E-state index contributed by atoms with van der Waals surface area (Å²) < 4.78 is 27.2. The van der Waals surface area contributed by atoms with E-state index in [0.717, 1.165) is 9.99 Å². The molecule has 6 heteroatoms. The van der Waals surface area contributed by atoms with E-state index >= 15 is 0 Å². The molecule has 1 aromatic heterocycles. The molecule has 1 heterocycles. The number of aromatic nitrogens is 2. The molecular formula is C13H10BrN2O2S+. The van der Waals surface area contributed by atoms with Gasteiger partial charge in [-0.2, -0.15) is 8.42 Å². The van der Waals surface area contributed by atoms with Crippen molar-refractivity contribution in [3.8, 4) is 0 Å². The van der Waals surface area contributed by atoms with Gasteiger partial charge in [-0.05, 0) is 36.4 Å². The molecule has 0 amide bonds. The molecule has 0 aliphatic rings. The lowest BCUT2D eigenvalue weighted by Crippen LogP contribution is -2.41. The number of hydrogen-bond donors (Lipinski definition) is 1. The van der Waals surface area contributed by atoms with Crippen LogP contribution in [0.1, 0.15) is 0 Å². The van der Waals surface area contributed by atoms with Crippen molar-refractivity contribution >= 4 is 37.0 Å². The average Bonchev–Trinajstić information content (AvgIpc) is 2.83. The fourth-order valence-corrected chi connectivity index (χ4v) is 3.49. The Bertz CT molecular complexity index is 838. The summed E-state index contributed by atoms with van der Waals surface area (Å²) in [5, 5.41) is 0. The van der Waals surface area contributed by atoms with Crippen LogP contribution in [0.2, 0.25) is 0 Å². The third-order valence-electron chi connectivity index (χ3n) is 2.85. The number of nitrogens with zero attached hydrogens (tertiary/aromatic N) is 1. The van der Waals surface area contributed by atoms with Gasteiger partial charge in [-0.1, -0.05) is 28.1 Å². The molecule has 0 unspecified atom stereocenters. The van der Waals surface area contributed by atoms with E-state index in [1.54, 1.807) is 30.3 Å². The molecule has 0 spiro atoms. The molecule has 0 saturated heterocycles. The summed E-state index contributed by atoms with van der Waals surface area (Å²) >= 11 is 3.29. The van der Waals surface area contributed by atoms with Crippen molar-refractivity contribution in [2.45, 2.75) is 4.90 Å². The maximum atomic E-state index is 12.5. The van der Waals surface area contributed by atoms with Crippen LogP contribution in [0, 0.1) is 0 Å². The molecule has 0 atom stereocenters. The van der Waals surface area contributed by atoms with Crippen LogP contribution in [0.25, 0.3) is 11.0 Å². The zero-order valence-electron chi connectivity index (χ0n) is 9.75. The number of halogens is 1. The van der Waals surface area contributed by atoms with Crippen LogP contribution in [-0.4, -0.2) is 13.4 Å². The minimum absolute atomic E-state index is 0.255. The van der Waals surface area contributed by atoms with Crippen LogP contribution < -0.4 is 3.97 Å². The molecule has 0 aliphatic carbocycles. The van der Waals surface area contributed by atoms with Crippen molar-refractivity contribution in [1.82, 2.24) is 4.98 Å². The summed E-state index contributed by atoms with van der Waals surface area (Å²) in [6.45, 7) is 0. The van der Waals surface area contributed by atoms with Crippen LogP contribution >= 0.6 is 15.9 Å². The van der Waals surface area contributed by atoms with Crippen molar-refractivity contribution in [2.24, 2.45) is 0 Å². The van der Waals surface area contributed by atoms with Crippen LogP contribution in [0.5, 0.6) is 0 Å². The molecule has 96 valence electrons. The largest absolute Gasteiger partial charge is 0.335 e. The van der Waals surface area contributed by atoms with Gasteiger partial charge in [0, 0.05) is 4.47 Å². The lowest BCUT2D eigenvalue weighted by Gasteiger charge is -2.01. The number of nitrogens with one attached hydrogen (secondary N) is 1. The highest BCUT2D eigenvalue weighted by molar-refractivity contribution is 9.10. The summed E-state index contributed by atoms with van der Waals surface area (Å²) in [7, 11) is -3.57. The second kappa shape index (κ2) is 4.47. The maximum absolute atomic E-state index is 12.5. The number of H-pyrrole nitrogens is 1. The Kier molecular flexibility index (Phi) is 2.91. The number of benzene rings is 2. The number of para-hydroxylation sites is 2. The zero-order chi connectivity index (χ0) is 13.5. The highest BCUT2D eigenvalue weighted by atomic mass is 79.9. The molecule has 19 heavy (non-hydrogen) atoms. The molecule has 0 radical (unpaired) electrons. The highest BCUT2D eigenvalue weighted by Crippen LogP contribution is 2.16. The molecule has 1 N–H and O–H groups in total. The maximum Gasteiger partial charge on any atom is 0.335 e. The molecule has 3 rings (SSSR count). The first kappa shape index (κ1) is 12.4. The minimum Gasteiger partial charge on any atom is -0.242 e. The second-order valence-corrected chi connectivity index (χ2v) is 6.78. The summed E-state index contributed by atoms with van der Waals surface area (Å²) in [6, 6.07) is 13.8. The van der Waals surface area contributed by atoms with Crippen molar-refractivity contribution in [3.05, 3.63) is 59.3 Å². The fourth-order valence-electron chi connectivity index (χ4n) is 1.90. The Morgan fingerprint density at radius 2 is 1.68 bits per heavy atom. The Balaban J connectivity index is 2.22. The fraction of sp³-hybridized carbons (Fsp3) is 0. The first-order valence-corrected chi connectivity index (χ1v) is 7.81. The minimum atomic E-state index is -3.57. The van der Waals surface area contributed by atoms with Gasteiger partial charge in [0.1, 0.15) is 4.90 Å². The van der Waals surface area contributed by atoms with Crippen LogP contribution in [0.4, 0.5) is 0 Å². The summed E-state index contributed by atoms with van der Waals surface area (Å²) in [4.78, 5) is 3.20. The SMILES string of the molecule is O=S(=O)(c1ccc(Br)cc1)[n+]1c[nH]c2ccccc21. The summed E-state index contributed by atoms with van der Waals surface area (Å²) in [5.41, 5.74) is 1.41. The average molecular weight is 338 g/mol. The first-order valence-electron chi connectivity index (χ1n) is 5.58. The van der Waals surface area contributed by atoms with Gasteiger partial charge in [0.25, 0.3) is 6.33 Å². The predicted molar refractivity (Wildman–Crippen MR) is 75.2 cm³/mol. The topological polar surface area (TPSA) is 53.8 Å². The van der Waals surface area contributed by atoms with E-state index in [2.05, 4.69) is 20.9 Å². The molecule has 2 aromatic carbocycles. The number of hydrogen-bond acceptors (Lipinski definition) is 2. The summed E-state index contributed by atoms with van der Waals surface area (Å²) in [5.74, 6) is 0. The molecule has 0 aliphatic heterocycles. The van der Waals surface area contributed by atoms with Gasteiger partial charge in [0.2, 0.25) is 0 Å². The van der Waals surface area contributed by atoms with E-state index < -0.39 is 10.0 Å². The van der Waals surface area contributed by atoms with Gasteiger partial charge in [-0.3, -0.25) is 0 Å². The number of aromatic amines is 1. The van der Waals surface area contributed by atoms with Crippen molar-refractivity contribution in [1.29, 1.82) is 0 Å². The normalized spacial score (nSPS) is 11.8. The molecule has 0 fully saturated rings. The van der Waals surface area contributed by atoms with Gasteiger partial charge in [0.15, 0.2) is 11.0 Å². The standard InChI is InChI=1S/C13H9BrN2O2S/c14-10-5-7-11(8-6-10)19(17,18)16-9-15-12-3-1-2-4-13(12)16/h1-9H/p+1. The number of fused-ring (bicyclic) bond motifs is 1. The van der Waals surface area contributed by atoms with E-state index in [-0.39, 0.29) is 4.90 Å². The number of rotatable bonds is 2. The predicted octanol–water partition coefficient (Wildman–Crippen LogP) is 2.45. The first-order chi connectivity index (χ1) is 9.09. The Labute approximate surface area is 118 Å². The third-order valence-corrected chi connectivity index (χ3v) is 5.07. The molecular weight excluding hydrogens is 328 g/mol. The molecule has 0 saturated carbocycles. The molecule has 0 bridgehead atoms. The van der Waals surface area contributed by atoms with E-state index in [9.17, 15) is 8.42 Å². The highest BCUT2D eigenvalue weighted by Gasteiger charge is 2.25. The monoisotopic (exact) mass is 337 g/mol. The van der Waals surface area contributed by atoms with E-state index in [1.165, 1.54) is 10.3 Å². The van der Waals surface area contributed by atoms with Gasteiger partial charge < -0.3 is 0 Å². The molecule has 3 aromatic rings. The zero-order valence-corrected chi connectivity index (χ0v) is 12.1.